The van der Waals surface area contributed by atoms with E-state index >= 15 is 0 Å². The van der Waals surface area contributed by atoms with E-state index < -0.39 is 6.04 Å². The van der Waals surface area contributed by atoms with Crippen LogP contribution in [-0.2, 0) is 9.59 Å². The van der Waals surface area contributed by atoms with E-state index in [0.717, 1.165) is 5.69 Å². The van der Waals surface area contributed by atoms with Crippen molar-refractivity contribution >= 4 is 40.6 Å². The van der Waals surface area contributed by atoms with Gasteiger partial charge >= 0.3 is 0 Å². The van der Waals surface area contributed by atoms with Gasteiger partial charge in [-0.15, -0.1) is 0 Å². The molecule has 3 N–H and O–H groups in total. The van der Waals surface area contributed by atoms with Gasteiger partial charge in [0.25, 0.3) is 0 Å². The van der Waals surface area contributed by atoms with Gasteiger partial charge in [-0.2, -0.15) is 0 Å². The Morgan fingerprint density at radius 1 is 1.04 bits per heavy atom. The SMILES string of the molecule is CC(=O)Nc1ccc(NC(C)C(=O)Nc2ccc(Cl)cn2)cc1. The summed E-state index contributed by atoms with van der Waals surface area (Å²) in [4.78, 5) is 27.1. The first-order valence-corrected chi connectivity index (χ1v) is 7.38. The van der Waals surface area contributed by atoms with Gasteiger partial charge in [0.2, 0.25) is 11.8 Å². The lowest BCUT2D eigenvalue weighted by Gasteiger charge is -2.15. The predicted molar refractivity (Wildman–Crippen MR) is 91.7 cm³/mol. The molecule has 0 spiro atoms. The zero-order chi connectivity index (χ0) is 16.8. The van der Waals surface area contributed by atoms with Crippen molar-refractivity contribution in [1.82, 2.24) is 4.98 Å². The van der Waals surface area contributed by atoms with Gasteiger partial charge in [-0.05, 0) is 43.3 Å². The maximum atomic E-state index is 12.1. The maximum absolute atomic E-state index is 12.1. The molecule has 1 heterocycles. The number of nitrogens with one attached hydrogen (secondary N) is 3. The van der Waals surface area contributed by atoms with Crippen LogP contribution in [0.4, 0.5) is 17.2 Å². The molecule has 6 nitrogen and oxygen atoms in total. The zero-order valence-electron chi connectivity index (χ0n) is 12.8. The van der Waals surface area contributed by atoms with E-state index in [9.17, 15) is 9.59 Å². The number of amides is 2. The van der Waals surface area contributed by atoms with Crippen molar-refractivity contribution in [1.29, 1.82) is 0 Å². The fraction of sp³-hybridized carbons (Fsp3) is 0.188. The van der Waals surface area contributed by atoms with Crippen molar-refractivity contribution in [3.05, 3.63) is 47.6 Å². The molecule has 2 rings (SSSR count). The number of hydrogen-bond acceptors (Lipinski definition) is 4. The van der Waals surface area contributed by atoms with Crippen LogP contribution in [-0.4, -0.2) is 22.8 Å². The molecule has 120 valence electrons. The lowest BCUT2D eigenvalue weighted by Crippen LogP contribution is -2.32. The highest BCUT2D eigenvalue weighted by Gasteiger charge is 2.13. The van der Waals surface area contributed by atoms with Gasteiger partial charge in [0.1, 0.15) is 11.9 Å². The van der Waals surface area contributed by atoms with Crippen molar-refractivity contribution in [2.75, 3.05) is 16.0 Å². The van der Waals surface area contributed by atoms with E-state index in [2.05, 4.69) is 20.9 Å². The first-order chi connectivity index (χ1) is 10.9. The van der Waals surface area contributed by atoms with Crippen LogP contribution >= 0.6 is 11.6 Å². The quantitative estimate of drug-likeness (QED) is 0.785. The van der Waals surface area contributed by atoms with Crippen LogP contribution in [0.1, 0.15) is 13.8 Å². The van der Waals surface area contributed by atoms with Gasteiger partial charge in [0.15, 0.2) is 0 Å². The van der Waals surface area contributed by atoms with Gasteiger partial charge < -0.3 is 16.0 Å². The minimum Gasteiger partial charge on any atom is -0.374 e. The van der Waals surface area contributed by atoms with Crippen LogP contribution < -0.4 is 16.0 Å². The summed E-state index contributed by atoms with van der Waals surface area (Å²) in [5.74, 6) is 0.0914. The molecule has 2 amide bonds. The second-order valence-electron chi connectivity index (χ2n) is 4.98. The molecule has 23 heavy (non-hydrogen) atoms. The van der Waals surface area contributed by atoms with E-state index in [1.54, 1.807) is 43.3 Å². The van der Waals surface area contributed by atoms with Crippen molar-refractivity contribution < 1.29 is 9.59 Å². The normalized spacial score (nSPS) is 11.4. The molecule has 0 aliphatic heterocycles. The topological polar surface area (TPSA) is 83.1 Å². The Labute approximate surface area is 139 Å². The highest BCUT2D eigenvalue weighted by molar-refractivity contribution is 6.30. The smallest absolute Gasteiger partial charge is 0.247 e. The second kappa shape index (κ2) is 7.60. The molecule has 1 atom stereocenters. The average molecular weight is 333 g/mol. The fourth-order valence-electron chi connectivity index (χ4n) is 1.85. The molecule has 0 aliphatic carbocycles. The minimum absolute atomic E-state index is 0.131. The zero-order valence-corrected chi connectivity index (χ0v) is 13.5. The number of halogens is 1. The van der Waals surface area contributed by atoms with Crippen LogP contribution in [0.2, 0.25) is 5.02 Å². The maximum Gasteiger partial charge on any atom is 0.247 e. The highest BCUT2D eigenvalue weighted by Crippen LogP contribution is 2.15. The monoisotopic (exact) mass is 332 g/mol. The number of carbonyl (C=O) groups is 2. The Morgan fingerprint density at radius 2 is 1.70 bits per heavy atom. The van der Waals surface area contributed by atoms with Crippen LogP contribution in [0.3, 0.4) is 0 Å². The lowest BCUT2D eigenvalue weighted by molar-refractivity contribution is -0.116. The molecule has 1 aromatic heterocycles. The molecule has 2 aromatic rings. The third-order valence-electron chi connectivity index (χ3n) is 2.96. The average Bonchev–Trinajstić information content (AvgIpc) is 2.51. The van der Waals surface area contributed by atoms with Crippen LogP contribution in [0.5, 0.6) is 0 Å². The predicted octanol–water partition coefficient (Wildman–Crippen LogP) is 3.13. The number of aromatic nitrogens is 1. The summed E-state index contributed by atoms with van der Waals surface area (Å²) >= 11 is 5.75. The Balaban J connectivity index is 1.92. The Hall–Kier alpha value is -2.60. The van der Waals surface area contributed by atoms with E-state index in [4.69, 9.17) is 11.6 Å². The molecule has 0 aliphatic rings. The van der Waals surface area contributed by atoms with Crippen molar-refractivity contribution in [2.45, 2.75) is 19.9 Å². The number of benzene rings is 1. The summed E-state index contributed by atoms with van der Waals surface area (Å²) in [6, 6.07) is 9.92. The molecule has 0 bridgehead atoms. The lowest BCUT2D eigenvalue weighted by atomic mass is 10.2. The van der Waals surface area contributed by atoms with Crippen molar-refractivity contribution in [2.24, 2.45) is 0 Å². The molecule has 0 saturated carbocycles. The summed E-state index contributed by atoms with van der Waals surface area (Å²) < 4.78 is 0. The highest BCUT2D eigenvalue weighted by atomic mass is 35.5. The Kier molecular flexibility index (Phi) is 5.54. The van der Waals surface area contributed by atoms with Crippen LogP contribution in [0.15, 0.2) is 42.6 Å². The van der Waals surface area contributed by atoms with Gasteiger partial charge in [-0.1, -0.05) is 11.6 Å². The first-order valence-electron chi connectivity index (χ1n) is 7.00. The molecule has 1 aromatic carbocycles. The number of pyridine rings is 1. The van der Waals surface area contributed by atoms with E-state index in [-0.39, 0.29) is 11.8 Å². The van der Waals surface area contributed by atoms with Crippen molar-refractivity contribution in [3.8, 4) is 0 Å². The van der Waals surface area contributed by atoms with Gasteiger partial charge in [-0.25, -0.2) is 4.98 Å². The van der Waals surface area contributed by atoms with Gasteiger partial charge in [0, 0.05) is 24.5 Å². The fourth-order valence-corrected chi connectivity index (χ4v) is 1.96. The van der Waals surface area contributed by atoms with Crippen LogP contribution in [0, 0.1) is 0 Å². The van der Waals surface area contributed by atoms with Gasteiger partial charge in [0.05, 0.1) is 5.02 Å². The second-order valence-corrected chi connectivity index (χ2v) is 5.41. The molecule has 7 heteroatoms. The molecule has 0 radical (unpaired) electrons. The minimum atomic E-state index is -0.459. The number of rotatable bonds is 5. The third kappa shape index (κ3) is 5.27. The number of carbonyl (C=O) groups excluding carboxylic acids is 2. The molecular weight excluding hydrogens is 316 g/mol. The van der Waals surface area contributed by atoms with E-state index in [1.165, 1.54) is 13.1 Å². The Morgan fingerprint density at radius 3 is 2.26 bits per heavy atom. The summed E-state index contributed by atoms with van der Waals surface area (Å²) in [5.41, 5.74) is 1.47. The van der Waals surface area contributed by atoms with Gasteiger partial charge in [-0.3, -0.25) is 9.59 Å². The number of hydrogen-bond donors (Lipinski definition) is 3. The van der Waals surface area contributed by atoms with Crippen LogP contribution in [0.25, 0.3) is 0 Å². The van der Waals surface area contributed by atoms with E-state index in [0.29, 0.717) is 16.5 Å². The summed E-state index contributed by atoms with van der Waals surface area (Å²) in [5, 5.41) is 8.96. The molecule has 0 saturated heterocycles. The Bertz CT molecular complexity index is 686. The summed E-state index contributed by atoms with van der Waals surface area (Å²) in [6.45, 7) is 3.19. The largest absolute Gasteiger partial charge is 0.374 e. The number of nitrogens with zero attached hydrogens (tertiary/aromatic N) is 1. The van der Waals surface area contributed by atoms with E-state index in [1.807, 2.05) is 0 Å². The first kappa shape index (κ1) is 16.8. The summed E-state index contributed by atoms with van der Waals surface area (Å²) in [7, 11) is 0. The molecule has 0 fully saturated rings. The summed E-state index contributed by atoms with van der Waals surface area (Å²) in [6.07, 6.45) is 1.47. The van der Waals surface area contributed by atoms with Crippen molar-refractivity contribution in [3.63, 3.8) is 0 Å². The third-order valence-corrected chi connectivity index (χ3v) is 3.18. The molecule has 1 unspecified atom stereocenters. The molecular formula is C16H17ClN4O2. The number of anilines is 3. The standard InChI is InChI=1S/C16H17ClN4O2/c1-10(16(23)21-15-8-3-12(17)9-18-15)19-13-4-6-14(7-5-13)20-11(2)22/h3-10,19H,1-2H3,(H,20,22)(H,18,21,23).